The summed E-state index contributed by atoms with van der Waals surface area (Å²) >= 11 is 1.75. The zero-order valence-corrected chi connectivity index (χ0v) is 12.5. The third-order valence-electron chi connectivity index (χ3n) is 3.14. The van der Waals surface area contributed by atoms with E-state index in [0.29, 0.717) is 12.0 Å². The molecule has 0 aliphatic rings. The first-order chi connectivity index (χ1) is 9.60. The van der Waals surface area contributed by atoms with Crippen molar-refractivity contribution in [3.8, 4) is 0 Å². The van der Waals surface area contributed by atoms with Gasteiger partial charge in [-0.05, 0) is 48.1 Å². The monoisotopic (exact) mass is 288 g/mol. The van der Waals surface area contributed by atoms with E-state index in [1.807, 2.05) is 31.2 Å². The van der Waals surface area contributed by atoms with E-state index in [2.05, 4.69) is 6.92 Å². The number of halogens is 1. The Hall–Kier alpha value is -1.61. The number of hydrogen-bond acceptors (Lipinski definition) is 2. The summed E-state index contributed by atoms with van der Waals surface area (Å²) in [6.45, 7) is 3.92. The Morgan fingerprint density at radius 3 is 2.45 bits per heavy atom. The highest BCUT2D eigenvalue weighted by Crippen LogP contribution is 2.19. The Bertz CT molecular complexity index is 605. The third kappa shape index (κ3) is 3.70. The van der Waals surface area contributed by atoms with Gasteiger partial charge in [0.15, 0.2) is 5.78 Å². The molecule has 2 rings (SSSR count). The Morgan fingerprint density at radius 1 is 1.15 bits per heavy atom. The number of hydrogen-bond donors (Lipinski definition) is 0. The highest BCUT2D eigenvalue weighted by atomic mass is 32.2. The normalized spacial score (nSPS) is 10.6. The van der Waals surface area contributed by atoms with Crippen LogP contribution in [0, 0.1) is 12.7 Å². The van der Waals surface area contributed by atoms with E-state index in [-0.39, 0.29) is 11.6 Å². The molecule has 0 fully saturated rings. The molecule has 20 heavy (non-hydrogen) atoms. The molecule has 2 aromatic carbocycles. The van der Waals surface area contributed by atoms with Gasteiger partial charge < -0.3 is 0 Å². The average Bonchev–Trinajstić information content (AvgIpc) is 2.43. The van der Waals surface area contributed by atoms with Crippen LogP contribution in [-0.4, -0.2) is 11.5 Å². The minimum atomic E-state index is -0.264. The van der Waals surface area contributed by atoms with Crippen molar-refractivity contribution in [1.29, 1.82) is 0 Å². The quantitative estimate of drug-likeness (QED) is 0.587. The number of rotatable bonds is 5. The van der Waals surface area contributed by atoms with E-state index < -0.39 is 0 Å². The molecule has 3 heteroatoms. The number of carbonyl (C=O) groups excluding carboxylic acids is 1. The molecule has 0 aliphatic carbocycles. The van der Waals surface area contributed by atoms with Crippen LogP contribution in [0.1, 0.15) is 28.4 Å². The molecule has 104 valence electrons. The summed E-state index contributed by atoms with van der Waals surface area (Å²) in [6.07, 6.45) is 0.312. The van der Waals surface area contributed by atoms with Crippen LogP contribution in [-0.2, 0) is 6.42 Å². The molecule has 0 saturated heterocycles. The van der Waals surface area contributed by atoms with Gasteiger partial charge in [-0.1, -0.05) is 25.1 Å². The number of benzene rings is 2. The number of thioether (sulfide) groups is 1. The maximum Gasteiger partial charge on any atom is 0.167 e. The van der Waals surface area contributed by atoms with Crippen LogP contribution in [0.3, 0.4) is 0 Å². The molecule has 0 radical (unpaired) electrons. The molecule has 0 amide bonds. The van der Waals surface area contributed by atoms with Gasteiger partial charge >= 0.3 is 0 Å². The van der Waals surface area contributed by atoms with Gasteiger partial charge in [0.05, 0.1) is 0 Å². The molecule has 0 unspecified atom stereocenters. The van der Waals surface area contributed by atoms with Crippen LogP contribution >= 0.6 is 11.8 Å². The second-order valence-corrected chi connectivity index (χ2v) is 5.97. The number of ketones is 1. The molecule has 0 aliphatic heterocycles. The van der Waals surface area contributed by atoms with Crippen molar-refractivity contribution in [2.75, 3.05) is 5.75 Å². The number of carbonyl (C=O) groups is 1. The fourth-order valence-electron chi connectivity index (χ4n) is 2.04. The van der Waals surface area contributed by atoms with E-state index in [0.717, 1.165) is 16.9 Å². The Balaban J connectivity index is 2.11. The largest absolute Gasteiger partial charge is 0.294 e. The Morgan fingerprint density at radius 2 is 1.85 bits per heavy atom. The van der Waals surface area contributed by atoms with E-state index in [9.17, 15) is 9.18 Å². The zero-order valence-electron chi connectivity index (χ0n) is 11.7. The van der Waals surface area contributed by atoms with E-state index >= 15 is 0 Å². The predicted molar refractivity (Wildman–Crippen MR) is 82.0 cm³/mol. The first kappa shape index (κ1) is 14.8. The number of Topliss-reactive ketones (excluding diaryl/α,β-unsaturated/α-hetero) is 1. The minimum Gasteiger partial charge on any atom is -0.294 e. The lowest BCUT2D eigenvalue weighted by Crippen LogP contribution is -2.05. The summed E-state index contributed by atoms with van der Waals surface area (Å²) < 4.78 is 13.0. The molecular formula is C17H17FOS. The zero-order chi connectivity index (χ0) is 14.5. The topological polar surface area (TPSA) is 17.1 Å². The maximum atomic E-state index is 13.0. The van der Waals surface area contributed by atoms with Crippen molar-refractivity contribution in [2.45, 2.75) is 25.2 Å². The minimum absolute atomic E-state index is 0.0627. The van der Waals surface area contributed by atoms with Crippen molar-refractivity contribution in [2.24, 2.45) is 0 Å². The van der Waals surface area contributed by atoms with Crippen molar-refractivity contribution >= 4 is 17.5 Å². The molecule has 1 nitrogen and oxygen atoms in total. The lowest BCUT2D eigenvalue weighted by Gasteiger charge is -2.06. The van der Waals surface area contributed by atoms with Crippen molar-refractivity contribution in [3.05, 3.63) is 65.0 Å². The van der Waals surface area contributed by atoms with E-state index in [1.165, 1.54) is 17.0 Å². The van der Waals surface area contributed by atoms with Crippen molar-refractivity contribution in [3.63, 3.8) is 0 Å². The van der Waals surface area contributed by atoms with Gasteiger partial charge in [-0.15, -0.1) is 11.8 Å². The summed E-state index contributed by atoms with van der Waals surface area (Å²) in [6, 6.07) is 12.2. The van der Waals surface area contributed by atoms with Gasteiger partial charge in [-0.2, -0.15) is 0 Å². The van der Waals surface area contributed by atoms with Crippen molar-refractivity contribution < 1.29 is 9.18 Å². The third-order valence-corrected chi connectivity index (χ3v) is 4.04. The van der Waals surface area contributed by atoms with Gasteiger partial charge in [0.2, 0.25) is 0 Å². The summed E-state index contributed by atoms with van der Waals surface area (Å²) in [5, 5.41) is 0. The Kier molecular flexibility index (Phi) is 4.96. The molecule has 0 heterocycles. The molecule has 0 saturated carbocycles. The van der Waals surface area contributed by atoms with Gasteiger partial charge in [-0.3, -0.25) is 4.79 Å². The van der Waals surface area contributed by atoms with E-state index in [1.54, 1.807) is 17.8 Å². The lowest BCUT2D eigenvalue weighted by molar-refractivity contribution is 0.0992. The summed E-state index contributed by atoms with van der Waals surface area (Å²) in [5.74, 6) is 0.814. The second kappa shape index (κ2) is 6.71. The summed E-state index contributed by atoms with van der Waals surface area (Å²) in [4.78, 5) is 13.4. The van der Waals surface area contributed by atoms with Crippen LogP contribution in [0.15, 0.2) is 47.4 Å². The summed E-state index contributed by atoms with van der Waals surface area (Å²) in [5.41, 5.74) is 2.40. The van der Waals surface area contributed by atoms with Crippen LogP contribution in [0.2, 0.25) is 0 Å². The summed E-state index contributed by atoms with van der Waals surface area (Å²) in [7, 11) is 0. The smallest absolute Gasteiger partial charge is 0.167 e. The van der Waals surface area contributed by atoms with Crippen LogP contribution < -0.4 is 0 Å². The first-order valence-corrected chi connectivity index (χ1v) is 7.60. The molecule has 2 aromatic rings. The molecule has 0 aromatic heterocycles. The highest BCUT2D eigenvalue weighted by Gasteiger charge is 2.09. The maximum absolute atomic E-state index is 13.0. The van der Waals surface area contributed by atoms with E-state index in [4.69, 9.17) is 0 Å². The first-order valence-electron chi connectivity index (χ1n) is 6.61. The van der Waals surface area contributed by atoms with Crippen LogP contribution in [0.4, 0.5) is 4.39 Å². The predicted octanol–water partition coefficient (Wildman–Crippen LogP) is 4.67. The van der Waals surface area contributed by atoms with Gasteiger partial charge in [0, 0.05) is 16.9 Å². The molecule has 0 atom stereocenters. The van der Waals surface area contributed by atoms with Crippen molar-refractivity contribution in [1.82, 2.24) is 0 Å². The molecule has 0 spiro atoms. The second-order valence-electron chi connectivity index (χ2n) is 4.63. The fraction of sp³-hybridized carbons (Fsp3) is 0.235. The van der Waals surface area contributed by atoms with Gasteiger partial charge in [0.1, 0.15) is 5.82 Å². The lowest BCUT2D eigenvalue weighted by atomic mass is 9.99. The number of aryl methyl sites for hydroxylation is 1. The van der Waals surface area contributed by atoms with Crippen LogP contribution in [0.5, 0.6) is 0 Å². The molecule has 0 N–H and O–H groups in total. The highest BCUT2D eigenvalue weighted by molar-refractivity contribution is 7.99. The average molecular weight is 288 g/mol. The van der Waals surface area contributed by atoms with Crippen LogP contribution in [0.25, 0.3) is 0 Å². The molecular weight excluding hydrogens is 271 g/mol. The Labute approximate surface area is 123 Å². The van der Waals surface area contributed by atoms with Gasteiger partial charge in [-0.25, -0.2) is 4.39 Å². The fourth-order valence-corrected chi connectivity index (χ4v) is 2.70. The van der Waals surface area contributed by atoms with Gasteiger partial charge in [0.25, 0.3) is 0 Å². The standard InChI is InChI=1S/C17H17FOS/c1-3-20-16-8-5-13(6-9-16)17(19)11-14-4-7-15(18)10-12(14)2/h4-10H,3,11H2,1-2H3. The SMILES string of the molecule is CCSc1ccc(C(=O)Cc2ccc(F)cc2C)cc1. The molecule has 0 bridgehead atoms.